The molecule has 2 aromatic rings. The first-order valence-corrected chi connectivity index (χ1v) is 7.37. The van der Waals surface area contributed by atoms with E-state index in [1.807, 2.05) is 12.1 Å². The maximum absolute atomic E-state index is 10.7. The van der Waals surface area contributed by atoms with Crippen LogP contribution in [0.2, 0.25) is 0 Å². The molecule has 0 fully saturated rings. The largest absolute Gasteiger partial charge is 0.384 e. The average Bonchev–Trinajstić information content (AvgIpc) is 2.38. The zero-order valence-corrected chi connectivity index (χ0v) is 12.9. The molecule has 0 aliphatic carbocycles. The van der Waals surface area contributed by atoms with E-state index in [9.17, 15) is 5.11 Å². The van der Waals surface area contributed by atoms with Crippen LogP contribution < -0.4 is 0 Å². The Labute approximate surface area is 122 Å². The van der Waals surface area contributed by atoms with Crippen LogP contribution in [-0.4, -0.2) is 5.11 Å². The van der Waals surface area contributed by atoms with Crippen LogP contribution in [0, 0.1) is 20.8 Å². The molecule has 0 saturated carbocycles. The summed E-state index contributed by atoms with van der Waals surface area (Å²) in [5.74, 6) is 0. The van der Waals surface area contributed by atoms with Gasteiger partial charge in [0, 0.05) is 0 Å². The molecule has 1 unspecified atom stereocenters. The predicted octanol–water partition coefficient (Wildman–Crippen LogP) is 4.65. The molecular weight excluding hydrogens is 244 g/mol. The van der Waals surface area contributed by atoms with Gasteiger partial charge in [-0.3, -0.25) is 0 Å². The molecule has 1 atom stereocenters. The van der Waals surface area contributed by atoms with Crippen molar-refractivity contribution in [2.75, 3.05) is 0 Å². The summed E-state index contributed by atoms with van der Waals surface area (Å²) in [7, 11) is 0. The summed E-state index contributed by atoms with van der Waals surface area (Å²) >= 11 is 0. The number of rotatable bonds is 4. The zero-order valence-electron chi connectivity index (χ0n) is 12.9. The first kappa shape index (κ1) is 14.8. The summed E-state index contributed by atoms with van der Waals surface area (Å²) in [6, 6.07) is 12.6. The van der Waals surface area contributed by atoms with Gasteiger partial charge in [0.25, 0.3) is 0 Å². The fourth-order valence-corrected chi connectivity index (χ4v) is 3.00. The summed E-state index contributed by atoms with van der Waals surface area (Å²) in [4.78, 5) is 0. The SMILES string of the molecule is CCCc1cccc(C(O)c2c(C)cc(C)cc2C)c1. The third-order valence-electron chi connectivity index (χ3n) is 3.82. The molecule has 0 amide bonds. The minimum atomic E-state index is -0.535. The van der Waals surface area contributed by atoms with Gasteiger partial charge in [-0.05, 0) is 55.0 Å². The maximum atomic E-state index is 10.7. The number of aliphatic hydroxyl groups is 1. The van der Waals surface area contributed by atoms with Crippen molar-refractivity contribution in [3.05, 3.63) is 69.8 Å². The van der Waals surface area contributed by atoms with E-state index in [1.54, 1.807) is 0 Å². The van der Waals surface area contributed by atoms with Gasteiger partial charge >= 0.3 is 0 Å². The minimum absolute atomic E-state index is 0.535. The Hall–Kier alpha value is -1.60. The lowest BCUT2D eigenvalue weighted by Gasteiger charge is -2.18. The second-order valence-corrected chi connectivity index (χ2v) is 5.71. The average molecular weight is 268 g/mol. The van der Waals surface area contributed by atoms with Crippen molar-refractivity contribution in [1.82, 2.24) is 0 Å². The zero-order chi connectivity index (χ0) is 14.7. The van der Waals surface area contributed by atoms with E-state index >= 15 is 0 Å². The molecule has 0 aromatic heterocycles. The molecule has 1 heteroatoms. The van der Waals surface area contributed by atoms with E-state index in [2.05, 4.69) is 52.0 Å². The summed E-state index contributed by atoms with van der Waals surface area (Å²) in [6.07, 6.45) is 1.65. The Kier molecular flexibility index (Phi) is 4.61. The van der Waals surface area contributed by atoms with E-state index in [4.69, 9.17) is 0 Å². The highest BCUT2D eigenvalue weighted by Gasteiger charge is 2.16. The van der Waals surface area contributed by atoms with Crippen molar-refractivity contribution in [1.29, 1.82) is 0 Å². The first-order chi connectivity index (χ1) is 9.52. The fraction of sp³-hybridized carbons (Fsp3) is 0.368. The van der Waals surface area contributed by atoms with Gasteiger partial charge in [0.05, 0.1) is 0 Å². The summed E-state index contributed by atoms with van der Waals surface area (Å²) < 4.78 is 0. The number of aliphatic hydroxyl groups excluding tert-OH is 1. The molecule has 1 N–H and O–H groups in total. The molecule has 0 spiro atoms. The normalized spacial score (nSPS) is 12.4. The van der Waals surface area contributed by atoms with Crippen molar-refractivity contribution < 1.29 is 5.11 Å². The molecule has 0 bridgehead atoms. The highest BCUT2D eigenvalue weighted by Crippen LogP contribution is 2.29. The van der Waals surface area contributed by atoms with E-state index in [-0.39, 0.29) is 0 Å². The molecule has 0 aliphatic rings. The Balaban J connectivity index is 2.41. The highest BCUT2D eigenvalue weighted by atomic mass is 16.3. The number of aryl methyl sites for hydroxylation is 4. The molecular formula is C19H24O. The third kappa shape index (κ3) is 3.10. The van der Waals surface area contributed by atoms with E-state index in [0.29, 0.717) is 0 Å². The molecule has 0 radical (unpaired) electrons. The second kappa shape index (κ2) is 6.23. The second-order valence-electron chi connectivity index (χ2n) is 5.71. The van der Waals surface area contributed by atoms with Gasteiger partial charge in [0.1, 0.15) is 6.10 Å². The van der Waals surface area contributed by atoms with Crippen LogP contribution in [0.4, 0.5) is 0 Å². The highest BCUT2D eigenvalue weighted by molar-refractivity contribution is 5.43. The third-order valence-corrected chi connectivity index (χ3v) is 3.82. The maximum Gasteiger partial charge on any atom is 0.105 e. The molecule has 106 valence electrons. The number of hydrogen-bond acceptors (Lipinski definition) is 1. The molecule has 2 aromatic carbocycles. The van der Waals surface area contributed by atoms with Crippen LogP contribution in [0.25, 0.3) is 0 Å². The van der Waals surface area contributed by atoms with Crippen LogP contribution in [-0.2, 0) is 6.42 Å². The van der Waals surface area contributed by atoms with Gasteiger partial charge in [0.2, 0.25) is 0 Å². The lowest BCUT2D eigenvalue weighted by molar-refractivity contribution is 0.218. The Morgan fingerprint density at radius 1 is 1.00 bits per heavy atom. The predicted molar refractivity (Wildman–Crippen MR) is 85.2 cm³/mol. The van der Waals surface area contributed by atoms with Gasteiger partial charge in [-0.2, -0.15) is 0 Å². The van der Waals surface area contributed by atoms with Crippen LogP contribution in [0.3, 0.4) is 0 Å². The van der Waals surface area contributed by atoms with E-state index < -0.39 is 6.10 Å². The van der Waals surface area contributed by atoms with E-state index in [0.717, 1.165) is 35.1 Å². The molecule has 2 rings (SSSR count). The summed E-state index contributed by atoms with van der Waals surface area (Å²) in [5.41, 5.74) is 6.91. The van der Waals surface area contributed by atoms with Crippen LogP contribution in [0.5, 0.6) is 0 Å². The van der Waals surface area contributed by atoms with Crippen molar-refractivity contribution >= 4 is 0 Å². The summed E-state index contributed by atoms with van der Waals surface area (Å²) in [6.45, 7) is 8.43. The minimum Gasteiger partial charge on any atom is -0.384 e. The van der Waals surface area contributed by atoms with Gasteiger partial charge < -0.3 is 5.11 Å². The molecule has 0 heterocycles. The van der Waals surface area contributed by atoms with Gasteiger partial charge in [-0.25, -0.2) is 0 Å². The van der Waals surface area contributed by atoms with Crippen molar-refractivity contribution in [3.63, 3.8) is 0 Å². The van der Waals surface area contributed by atoms with E-state index in [1.165, 1.54) is 11.1 Å². The molecule has 0 saturated heterocycles. The van der Waals surface area contributed by atoms with Crippen molar-refractivity contribution in [2.24, 2.45) is 0 Å². The molecule has 20 heavy (non-hydrogen) atoms. The smallest absolute Gasteiger partial charge is 0.105 e. The van der Waals surface area contributed by atoms with Crippen LogP contribution >= 0.6 is 0 Å². The molecule has 0 aliphatic heterocycles. The monoisotopic (exact) mass is 268 g/mol. The number of benzene rings is 2. The van der Waals surface area contributed by atoms with Gasteiger partial charge in [-0.15, -0.1) is 0 Å². The van der Waals surface area contributed by atoms with Gasteiger partial charge in [0.15, 0.2) is 0 Å². The molecule has 1 nitrogen and oxygen atoms in total. The quantitative estimate of drug-likeness (QED) is 0.856. The van der Waals surface area contributed by atoms with Crippen LogP contribution in [0.15, 0.2) is 36.4 Å². The summed E-state index contributed by atoms with van der Waals surface area (Å²) in [5, 5.41) is 10.7. The lowest BCUT2D eigenvalue weighted by atomic mass is 9.91. The topological polar surface area (TPSA) is 20.2 Å². The number of hydrogen-bond donors (Lipinski definition) is 1. The van der Waals surface area contributed by atoms with Crippen molar-refractivity contribution in [3.8, 4) is 0 Å². The fourth-order valence-electron chi connectivity index (χ4n) is 3.00. The van der Waals surface area contributed by atoms with Crippen molar-refractivity contribution in [2.45, 2.75) is 46.6 Å². The Morgan fingerprint density at radius 2 is 1.65 bits per heavy atom. The lowest BCUT2D eigenvalue weighted by Crippen LogP contribution is -2.05. The Bertz CT molecular complexity index is 575. The standard InChI is InChI=1S/C19H24O/c1-5-7-16-8-6-9-17(12-16)19(20)18-14(3)10-13(2)11-15(18)4/h6,8-12,19-20H,5,7H2,1-4H3. The van der Waals surface area contributed by atoms with Crippen LogP contribution in [0.1, 0.15) is 52.8 Å². The first-order valence-electron chi connectivity index (χ1n) is 7.37. The van der Waals surface area contributed by atoms with Gasteiger partial charge in [-0.1, -0.05) is 55.3 Å². The Morgan fingerprint density at radius 3 is 2.25 bits per heavy atom.